The minimum Gasteiger partial charge on any atom is -0.319 e. The molecule has 0 fully saturated rings. The first-order valence-corrected chi connectivity index (χ1v) is 5.50. The number of hydrogen-bond donors (Lipinski definition) is 1. The Morgan fingerprint density at radius 2 is 2.31 bits per heavy atom. The lowest BCUT2D eigenvalue weighted by molar-refractivity contribution is 0.687. The van der Waals surface area contributed by atoms with E-state index in [9.17, 15) is 0 Å². The molecule has 0 amide bonds. The summed E-state index contributed by atoms with van der Waals surface area (Å²) in [5.41, 5.74) is 2.85. The molecule has 0 aliphatic heterocycles. The van der Waals surface area contributed by atoms with Gasteiger partial charge >= 0.3 is 0 Å². The molecule has 0 bridgehead atoms. The standard InChI is InChI=1S/C10H12N2S/c11-7-12-5-8-6-13-10-4-2-1-3-9(8)10/h6,12H,1-5H2. The van der Waals surface area contributed by atoms with Gasteiger partial charge in [-0.3, -0.25) is 0 Å². The van der Waals surface area contributed by atoms with Gasteiger partial charge in [0.2, 0.25) is 0 Å². The molecular formula is C10H12N2S. The van der Waals surface area contributed by atoms with E-state index in [0.717, 1.165) is 0 Å². The van der Waals surface area contributed by atoms with Crippen LogP contribution in [0.1, 0.15) is 28.8 Å². The maximum atomic E-state index is 8.41. The zero-order valence-corrected chi connectivity index (χ0v) is 8.28. The topological polar surface area (TPSA) is 35.8 Å². The summed E-state index contributed by atoms with van der Waals surface area (Å²) in [5.74, 6) is 0. The summed E-state index contributed by atoms with van der Waals surface area (Å²) < 4.78 is 0. The molecule has 1 aromatic heterocycles. The van der Waals surface area contributed by atoms with E-state index in [-0.39, 0.29) is 0 Å². The molecule has 13 heavy (non-hydrogen) atoms. The van der Waals surface area contributed by atoms with Gasteiger partial charge in [0.25, 0.3) is 0 Å². The molecule has 1 aliphatic carbocycles. The van der Waals surface area contributed by atoms with Gasteiger partial charge in [0.1, 0.15) is 0 Å². The third kappa shape index (κ3) is 1.68. The number of nitriles is 1. The maximum Gasteiger partial charge on any atom is 0.176 e. The van der Waals surface area contributed by atoms with Gasteiger partial charge in [-0.1, -0.05) is 0 Å². The first-order valence-electron chi connectivity index (χ1n) is 4.62. The second-order valence-corrected chi connectivity index (χ2v) is 4.30. The SMILES string of the molecule is N#CNCc1csc2c1CCCC2. The number of rotatable bonds is 2. The van der Waals surface area contributed by atoms with Crippen molar-refractivity contribution in [2.45, 2.75) is 32.2 Å². The summed E-state index contributed by atoms with van der Waals surface area (Å²) in [6.45, 7) is 0.711. The van der Waals surface area contributed by atoms with Crippen molar-refractivity contribution < 1.29 is 0 Å². The molecule has 0 radical (unpaired) electrons. The summed E-state index contributed by atoms with van der Waals surface area (Å²) in [4.78, 5) is 1.54. The van der Waals surface area contributed by atoms with E-state index in [2.05, 4.69) is 10.7 Å². The zero-order valence-electron chi connectivity index (χ0n) is 7.47. The van der Waals surface area contributed by atoms with Crippen LogP contribution in [0.3, 0.4) is 0 Å². The first kappa shape index (κ1) is 8.58. The van der Waals surface area contributed by atoms with E-state index in [4.69, 9.17) is 5.26 Å². The Hall–Kier alpha value is -1.01. The maximum absolute atomic E-state index is 8.41. The summed E-state index contributed by atoms with van der Waals surface area (Å²) >= 11 is 1.85. The Bertz CT molecular complexity index is 335. The molecule has 0 aromatic carbocycles. The van der Waals surface area contributed by atoms with Gasteiger partial charge in [0.05, 0.1) is 6.54 Å². The van der Waals surface area contributed by atoms with Crippen LogP contribution in [-0.2, 0) is 19.4 Å². The minimum atomic E-state index is 0.711. The molecule has 0 saturated heterocycles. The number of nitrogens with one attached hydrogen (secondary N) is 1. The second kappa shape index (κ2) is 3.80. The molecule has 0 atom stereocenters. The summed E-state index contributed by atoms with van der Waals surface area (Å²) in [6, 6.07) is 0. The van der Waals surface area contributed by atoms with Crippen LogP contribution in [0.25, 0.3) is 0 Å². The van der Waals surface area contributed by atoms with Crippen LogP contribution in [-0.4, -0.2) is 0 Å². The predicted molar refractivity (Wildman–Crippen MR) is 53.4 cm³/mol. The predicted octanol–water partition coefficient (Wildman–Crippen LogP) is 2.20. The van der Waals surface area contributed by atoms with E-state index in [0.29, 0.717) is 6.54 Å². The Morgan fingerprint density at radius 1 is 1.46 bits per heavy atom. The van der Waals surface area contributed by atoms with E-state index < -0.39 is 0 Å². The van der Waals surface area contributed by atoms with Crippen LogP contribution in [0, 0.1) is 11.5 Å². The monoisotopic (exact) mass is 192 g/mol. The van der Waals surface area contributed by atoms with Gasteiger partial charge in [-0.15, -0.1) is 11.3 Å². The smallest absolute Gasteiger partial charge is 0.176 e. The van der Waals surface area contributed by atoms with Gasteiger partial charge in [0, 0.05) is 4.88 Å². The van der Waals surface area contributed by atoms with E-state index in [1.807, 2.05) is 17.5 Å². The fourth-order valence-corrected chi connectivity index (χ4v) is 2.99. The van der Waals surface area contributed by atoms with Crippen LogP contribution in [0.2, 0.25) is 0 Å². The molecule has 2 nitrogen and oxygen atoms in total. The van der Waals surface area contributed by atoms with Gasteiger partial charge in [-0.25, -0.2) is 0 Å². The molecule has 1 N–H and O–H groups in total. The fraction of sp³-hybridized carbons (Fsp3) is 0.500. The lowest BCUT2D eigenvalue weighted by Gasteiger charge is -2.12. The van der Waals surface area contributed by atoms with Crippen molar-refractivity contribution in [2.24, 2.45) is 0 Å². The van der Waals surface area contributed by atoms with Crippen LogP contribution in [0.15, 0.2) is 5.38 Å². The van der Waals surface area contributed by atoms with Crippen molar-refractivity contribution >= 4 is 11.3 Å². The number of hydrogen-bond acceptors (Lipinski definition) is 3. The molecule has 0 spiro atoms. The summed E-state index contributed by atoms with van der Waals surface area (Å²) in [5, 5.41) is 13.3. The van der Waals surface area contributed by atoms with Crippen molar-refractivity contribution in [3.63, 3.8) is 0 Å². The van der Waals surface area contributed by atoms with Crippen LogP contribution < -0.4 is 5.32 Å². The highest BCUT2D eigenvalue weighted by Crippen LogP contribution is 2.29. The largest absolute Gasteiger partial charge is 0.319 e. The van der Waals surface area contributed by atoms with E-state index in [1.54, 1.807) is 4.88 Å². The van der Waals surface area contributed by atoms with Gasteiger partial charge in [-0.05, 0) is 42.2 Å². The third-order valence-corrected chi connectivity index (χ3v) is 3.64. The lowest BCUT2D eigenvalue weighted by atomic mass is 9.96. The highest BCUT2D eigenvalue weighted by molar-refractivity contribution is 7.10. The van der Waals surface area contributed by atoms with Gasteiger partial charge < -0.3 is 5.32 Å². The average molecular weight is 192 g/mol. The van der Waals surface area contributed by atoms with Crippen LogP contribution >= 0.6 is 11.3 Å². The normalized spacial score (nSPS) is 14.7. The van der Waals surface area contributed by atoms with Crippen molar-refractivity contribution in [1.29, 1.82) is 5.26 Å². The molecule has 1 aromatic rings. The van der Waals surface area contributed by atoms with Crippen molar-refractivity contribution in [1.82, 2.24) is 5.32 Å². The summed E-state index contributed by atoms with van der Waals surface area (Å²) in [6.07, 6.45) is 7.06. The molecule has 1 aliphatic rings. The Balaban J connectivity index is 2.18. The number of fused-ring (bicyclic) bond motifs is 1. The molecular weight excluding hydrogens is 180 g/mol. The number of thiophene rings is 1. The van der Waals surface area contributed by atoms with Crippen LogP contribution in [0.4, 0.5) is 0 Å². The minimum absolute atomic E-state index is 0.711. The quantitative estimate of drug-likeness (QED) is 0.576. The van der Waals surface area contributed by atoms with E-state index in [1.165, 1.54) is 36.8 Å². The number of aryl methyl sites for hydroxylation is 1. The zero-order chi connectivity index (χ0) is 9.10. The fourth-order valence-electron chi connectivity index (χ4n) is 1.84. The molecule has 2 rings (SSSR count). The lowest BCUT2D eigenvalue weighted by Crippen LogP contribution is -2.08. The molecule has 0 unspecified atom stereocenters. The Labute approximate surface area is 82.2 Å². The van der Waals surface area contributed by atoms with Gasteiger partial charge in [0.15, 0.2) is 6.19 Å². The second-order valence-electron chi connectivity index (χ2n) is 3.34. The van der Waals surface area contributed by atoms with Crippen molar-refractivity contribution in [3.05, 3.63) is 21.4 Å². The summed E-state index contributed by atoms with van der Waals surface area (Å²) in [7, 11) is 0. The molecule has 3 heteroatoms. The molecule has 1 heterocycles. The number of nitrogens with zero attached hydrogens (tertiary/aromatic N) is 1. The Morgan fingerprint density at radius 3 is 3.15 bits per heavy atom. The van der Waals surface area contributed by atoms with Crippen molar-refractivity contribution in [2.75, 3.05) is 0 Å². The average Bonchev–Trinajstić information content (AvgIpc) is 2.58. The van der Waals surface area contributed by atoms with Gasteiger partial charge in [-0.2, -0.15) is 5.26 Å². The van der Waals surface area contributed by atoms with Crippen LogP contribution in [0.5, 0.6) is 0 Å². The third-order valence-electron chi connectivity index (χ3n) is 2.51. The van der Waals surface area contributed by atoms with Crippen molar-refractivity contribution in [3.8, 4) is 6.19 Å². The molecule has 0 saturated carbocycles. The Kier molecular flexibility index (Phi) is 2.51. The first-order chi connectivity index (χ1) is 6.42. The van der Waals surface area contributed by atoms with E-state index >= 15 is 0 Å². The highest BCUT2D eigenvalue weighted by Gasteiger charge is 2.14. The molecule has 68 valence electrons. The highest BCUT2D eigenvalue weighted by atomic mass is 32.1.